The van der Waals surface area contributed by atoms with Crippen molar-refractivity contribution in [3.05, 3.63) is 45.1 Å². The van der Waals surface area contributed by atoms with Gasteiger partial charge in [0.2, 0.25) is 11.8 Å². The molecule has 2 atom stereocenters. The van der Waals surface area contributed by atoms with Crippen molar-refractivity contribution in [2.24, 2.45) is 0 Å². The zero-order valence-corrected chi connectivity index (χ0v) is 18.7. The number of aromatic nitrogens is 4. The minimum Gasteiger partial charge on any atom is -0.383 e. The van der Waals surface area contributed by atoms with Crippen molar-refractivity contribution in [3.63, 3.8) is 0 Å². The van der Waals surface area contributed by atoms with Crippen LogP contribution in [0, 0.1) is 5.82 Å². The molecule has 0 unspecified atom stereocenters. The number of nitrogens with one attached hydrogen (secondary N) is 1. The third-order valence-electron chi connectivity index (χ3n) is 5.48. The van der Waals surface area contributed by atoms with Crippen molar-refractivity contribution in [1.82, 2.24) is 19.5 Å². The van der Waals surface area contributed by atoms with Gasteiger partial charge < -0.3 is 24.3 Å². The number of H-pyrrole nitrogens is 1. The fraction of sp³-hybridized carbons (Fsp3) is 0.600. The number of aromatic amines is 1. The molecule has 0 spiro atoms. The van der Waals surface area contributed by atoms with E-state index in [4.69, 9.17) is 9.47 Å². The first-order chi connectivity index (χ1) is 16.1. The van der Waals surface area contributed by atoms with Crippen molar-refractivity contribution in [2.45, 2.75) is 38.1 Å². The molecule has 4 rings (SSSR count). The Morgan fingerprint density at radius 1 is 1.29 bits per heavy atom. The predicted molar refractivity (Wildman–Crippen MR) is 115 cm³/mol. The van der Waals surface area contributed by atoms with E-state index >= 15 is 0 Å². The molecular weight excluding hydrogens is 464 g/mol. The molecule has 2 aromatic heterocycles. The Bertz CT molecular complexity index is 1060. The van der Waals surface area contributed by atoms with Crippen LogP contribution in [-0.2, 0) is 16.0 Å². The first-order valence-corrected chi connectivity index (χ1v) is 10.6. The molecule has 188 valence electrons. The van der Waals surface area contributed by atoms with E-state index in [1.165, 1.54) is 25.7 Å². The molecule has 34 heavy (non-hydrogen) atoms. The molecule has 14 heteroatoms. The van der Waals surface area contributed by atoms with Crippen molar-refractivity contribution in [1.29, 1.82) is 0 Å². The van der Waals surface area contributed by atoms with Gasteiger partial charge in [-0.25, -0.2) is 4.98 Å². The van der Waals surface area contributed by atoms with Crippen molar-refractivity contribution in [2.75, 3.05) is 49.8 Å². The number of methoxy groups -OCH3 is 1. The highest BCUT2D eigenvalue weighted by molar-refractivity contribution is 5.48. The van der Waals surface area contributed by atoms with E-state index in [9.17, 15) is 27.2 Å². The SMILES string of the molecule is COCCN1c2nc(N3CCOC[C@H]3C)c(F)c(=O)n2CC[C@H]1C(F)(F)F.O=c1ccnc[nH]1. The molecule has 2 aliphatic heterocycles. The number of alkyl halides is 3. The standard InChI is InChI=1S/C16H22F4N4O3.C4H4N2O/c1-10-9-27-8-6-22(10)13-12(17)14(25)24-4-3-11(16(18,19)20)23(5-7-26-2)15(24)21-13;7-4-1-2-5-3-6-4/h10-11H,3-9H2,1-2H3;1-3H,(H,5,6,7)/t10-,11+;/m1./s1. The fourth-order valence-corrected chi connectivity index (χ4v) is 3.80. The lowest BCUT2D eigenvalue weighted by atomic mass is 10.1. The Labute approximate surface area is 192 Å². The molecule has 2 aromatic rings. The number of hydrogen-bond donors (Lipinski definition) is 1. The number of rotatable bonds is 4. The van der Waals surface area contributed by atoms with Crippen LogP contribution in [0.4, 0.5) is 29.3 Å². The van der Waals surface area contributed by atoms with Crippen molar-refractivity contribution in [3.8, 4) is 0 Å². The summed E-state index contributed by atoms with van der Waals surface area (Å²) in [6, 6.07) is -0.697. The normalized spacial score (nSPS) is 20.4. The second-order valence-electron chi connectivity index (χ2n) is 7.76. The van der Waals surface area contributed by atoms with Crippen LogP contribution >= 0.6 is 0 Å². The van der Waals surface area contributed by atoms with Gasteiger partial charge in [0.25, 0.3) is 11.1 Å². The Morgan fingerprint density at radius 2 is 2.06 bits per heavy atom. The van der Waals surface area contributed by atoms with E-state index < -0.39 is 23.6 Å². The number of fused-ring (bicyclic) bond motifs is 1. The third kappa shape index (κ3) is 5.73. The summed E-state index contributed by atoms with van der Waals surface area (Å²) in [5, 5.41) is 0. The average Bonchev–Trinajstić information content (AvgIpc) is 2.80. The fourth-order valence-electron chi connectivity index (χ4n) is 3.80. The highest BCUT2D eigenvalue weighted by Gasteiger charge is 2.47. The van der Waals surface area contributed by atoms with Gasteiger partial charge >= 0.3 is 6.18 Å². The summed E-state index contributed by atoms with van der Waals surface area (Å²) >= 11 is 0. The lowest BCUT2D eigenvalue weighted by Crippen LogP contribution is -2.54. The summed E-state index contributed by atoms with van der Waals surface area (Å²) in [5.41, 5.74) is -1.08. The Balaban J connectivity index is 0.000000396. The Kier molecular flexibility index (Phi) is 8.25. The first kappa shape index (κ1) is 25.6. The van der Waals surface area contributed by atoms with E-state index in [1.807, 2.05) is 0 Å². The lowest BCUT2D eigenvalue weighted by Gasteiger charge is -2.40. The van der Waals surface area contributed by atoms with Gasteiger partial charge in [-0.05, 0) is 13.3 Å². The van der Waals surface area contributed by atoms with Crippen LogP contribution < -0.4 is 20.9 Å². The van der Waals surface area contributed by atoms with Gasteiger partial charge in [-0.3, -0.25) is 14.2 Å². The van der Waals surface area contributed by atoms with Crippen LogP contribution in [-0.4, -0.2) is 77.8 Å². The molecule has 1 saturated heterocycles. The number of nitrogens with zero attached hydrogens (tertiary/aromatic N) is 5. The highest BCUT2D eigenvalue weighted by Crippen LogP contribution is 2.34. The number of hydrogen-bond acceptors (Lipinski definition) is 8. The zero-order chi connectivity index (χ0) is 24.9. The number of morpholine rings is 1. The summed E-state index contributed by atoms with van der Waals surface area (Å²) in [7, 11) is 1.37. The Morgan fingerprint density at radius 3 is 2.62 bits per heavy atom. The molecule has 0 saturated carbocycles. The predicted octanol–water partition coefficient (Wildman–Crippen LogP) is 1.16. The molecule has 4 heterocycles. The summed E-state index contributed by atoms with van der Waals surface area (Å²) in [5.74, 6) is -1.46. The van der Waals surface area contributed by atoms with E-state index in [0.717, 1.165) is 9.47 Å². The summed E-state index contributed by atoms with van der Waals surface area (Å²) in [4.78, 5) is 35.4. The van der Waals surface area contributed by atoms with Crippen LogP contribution in [0.3, 0.4) is 0 Å². The quantitative estimate of drug-likeness (QED) is 0.637. The first-order valence-electron chi connectivity index (χ1n) is 10.6. The van der Waals surface area contributed by atoms with Crippen LogP contribution in [0.25, 0.3) is 0 Å². The van der Waals surface area contributed by atoms with E-state index in [1.54, 1.807) is 11.8 Å². The summed E-state index contributed by atoms with van der Waals surface area (Å²) in [6.45, 7) is 2.37. The molecule has 10 nitrogen and oxygen atoms in total. The van der Waals surface area contributed by atoms with Crippen LogP contribution in [0.2, 0.25) is 0 Å². The largest absolute Gasteiger partial charge is 0.408 e. The number of halogens is 4. The van der Waals surface area contributed by atoms with E-state index in [-0.39, 0.29) is 49.5 Å². The van der Waals surface area contributed by atoms with Crippen LogP contribution in [0.5, 0.6) is 0 Å². The van der Waals surface area contributed by atoms with Gasteiger partial charge in [0.1, 0.15) is 6.04 Å². The maximum absolute atomic E-state index is 14.7. The molecule has 0 aliphatic carbocycles. The number of ether oxygens (including phenoxy) is 2. The highest BCUT2D eigenvalue weighted by atomic mass is 19.4. The lowest BCUT2D eigenvalue weighted by molar-refractivity contribution is -0.153. The summed E-state index contributed by atoms with van der Waals surface area (Å²) in [6.07, 6.45) is -2.06. The second kappa shape index (κ2) is 11.0. The molecule has 1 N–H and O–H groups in total. The van der Waals surface area contributed by atoms with Crippen molar-refractivity contribution >= 4 is 11.8 Å². The van der Waals surface area contributed by atoms with Gasteiger partial charge in [0, 0.05) is 39.0 Å². The molecule has 0 bridgehead atoms. The average molecular weight is 490 g/mol. The Hall–Kier alpha value is -3.00. The second-order valence-corrected chi connectivity index (χ2v) is 7.76. The maximum atomic E-state index is 14.7. The third-order valence-corrected chi connectivity index (χ3v) is 5.48. The topological polar surface area (TPSA) is 106 Å². The molecule has 0 aromatic carbocycles. The molecule has 0 amide bonds. The smallest absolute Gasteiger partial charge is 0.383 e. The van der Waals surface area contributed by atoms with Crippen molar-refractivity contribution < 1.29 is 27.0 Å². The molecule has 2 aliphatic rings. The van der Waals surface area contributed by atoms with Gasteiger partial charge in [-0.15, -0.1) is 0 Å². The monoisotopic (exact) mass is 490 g/mol. The zero-order valence-electron chi connectivity index (χ0n) is 18.7. The minimum atomic E-state index is -4.50. The summed E-state index contributed by atoms with van der Waals surface area (Å²) < 4.78 is 66.4. The van der Waals surface area contributed by atoms with Gasteiger partial charge in [-0.2, -0.15) is 22.5 Å². The molecule has 1 fully saturated rings. The molecule has 0 radical (unpaired) electrons. The van der Waals surface area contributed by atoms with Gasteiger partial charge in [0.15, 0.2) is 5.82 Å². The van der Waals surface area contributed by atoms with E-state index in [0.29, 0.717) is 19.8 Å². The maximum Gasteiger partial charge on any atom is 0.408 e. The van der Waals surface area contributed by atoms with Gasteiger partial charge in [-0.1, -0.05) is 0 Å². The van der Waals surface area contributed by atoms with Gasteiger partial charge in [0.05, 0.1) is 32.2 Å². The van der Waals surface area contributed by atoms with Crippen LogP contribution in [0.15, 0.2) is 28.2 Å². The minimum absolute atomic E-state index is 0.0170. The number of anilines is 2. The van der Waals surface area contributed by atoms with Crippen LogP contribution in [0.1, 0.15) is 13.3 Å². The van der Waals surface area contributed by atoms with E-state index in [2.05, 4.69) is 15.0 Å². The molecular formula is C20H26F4N6O4.